The minimum atomic E-state index is -0.100. The lowest BCUT2D eigenvalue weighted by atomic mass is 9.82. The molecule has 0 unspecified atom stereocenters. The Morgan fingerprint density at radius 2 is 0.986 bits per heavy atom. The minimum absolute atomic E-state index is 0.100. The Labute approximate surface area is 405 Å². The zero-order valence-corrected chi connectivity index (χ0v) is 39.0. The van der Waals surface area contributed by atoms with Crippen molar-refractivity contribution in [3.63, 3.8) is 0 Å². The van der Waals surface area contributed by atoms with Gasteiger partial charge in [0.25, 0.3) is 0 Å². The monoisotopic (exact) mass is 900 g/mol. The number of fused-ring (bicyclic) bond motifs is 10. The first kappa shape index (κ1) is 39.8. The Morgan fingerprint density at radius 3 is 1.84 bits per heavy atom. The number of rotatable bonds is 7. The molecule has 1 aromatic heterocycles. The fraction of sp³-hybridized carbons (Fsp3) is 0.0462. The van der Waals surface area contributed by atoms with Crippen LogP contribution in [0.1, 0.15) is 25.0 Å². The molecule has 1 aliphatic carbocycles. The second-order valence-corrected chi connectivity index (χ2v) is 19.9. The number of benzene rings is 11. The Morgan fingerprint density at radius 1 is 0.362 bits per heavy atom. The second kappa shape index (κ2) is 15.4. The van der Waals surface area contributed by atoms with Gasteiger partial charge in [0.1, 0.15) is 11.2 Å². The summed E-state index contributed by atoms with van der Waals surface area (Å²) in [5, 5.41) is 7.20. The number of anilines is 6. The maximum Gasteiger partial charge on any atom is 0.135 e. The van der Waals surface area contributed by atoms with E-state index in [1.165, 1.54) is 70.3 Å². The lowest BCUT2D eigenvalue weighted by Crippen LogP contribution is -2.16. The summed E-state index contributed by atoms with van der Waals surface area (Å²) in [4.78, 5) is 7.37. The van der Waals surface area contributed by atoms with Gasteiger partial charge >= 0.3 is 0 Å². The van der Waals surface area contributed by atoms with E-state index in [1.807, 2.05) is 23.9 Å². The molecule has 0 radical (unpaired) electrons. The zero-order chi connectivity index (χ0) is 45.8. The van der Waals surface area contributed by atoms with Crippen molar-refractivity contribution >= 4 is 89.4 Å². The van der Waals surface area contributed by atoms with Crippen LogP contribution >= 0.6 is 11.8 Å². The molecule has 326 valence electrons. The first-order chi connectivity index (χ1) is 34.0. The summed E-state index contributed by atoms with van der Waals surface area (Å²) in [5.41, 5.74) is 18.6. The van der Waals surface area contributed by atoms with Gasteiger partial charge in [0.05, 0.1) is 5.69 Å². The number of hydrogen-bond acceptors (Lipinski definition) is 4. The van der Waals surface area contributed by atoms with Crippen LogP contribution in [0, 0.1) is 0 Å². The van der Waals surface area contributed by atoms with E-state index in [4.69, 9.17) is 4.42 Å². The average molecular weight is 901 g/mol. The number of hydrogen-bond donors (Lipinski definition) is 0. The number of furan rings is 1. The summed E-state index contributed by atoms with van der Waals surface area (Å²) in [6.45, 7) is 4.72. The Balaban J connectivity index is 0.909. The summed E-state index contributed by atoms with van der Waals surface area (Å²) in [6, 6.07) is 84.5. The van der Waals surface area contributed by atoms with E-state index in [1.54, 1.807) is 0 Å². The van der Waals surface area contributed by atoms with Crippen molar-refractivity contribution in [2.24, 2.45) is 0 Å². The molecule has 0 bridgehead atoms. The van der Waals surface area contributed by atoms with E-state index in [0.29, 0.717) is 0 Å². The Hall–Kier alpha value is -8.31. The Bertz CT molecular complexity index is 4040. The van der Waals surface area contributed by atoms with Gasteiger partial charge in [0, 0.05) is 65.4 Å². The van der Waals surface area contributed by atoms with Crippen molar-refractivity contribution in [2.45, 2.75) is 29.1 Å². The van der Waals surface area contributed by atoms with Gasteiger partial charge in [-0.2, -0.15) is 0 Å². The molecule has 2 aliphatic rings. The average Bonchev–Trinajstić information content (AvgIpc) is 3.88. The highest BCUT2D eigenvalue weighted by molar-refractivity contribution is 7.99. The van der Waals surface area contributed by atoms with Gasteiger partial charge in [0.2, 0.25) is 0 Å². The quantitative estimate of drug-likeness (QED) is 0.148. The van der Waals surface area contributed by atoms with Crippen LogP contribution in [-0.4, -0.2) is 0 Å². The van der Waals surface area contributed by atoms with E-state index in [9.17, 15) is 0 Å². The minimum Gasteiger partial charge on any atom is -0.456 e. The summed E-state index contributed by atoms with van der Waals surface area (Å²) in [7, 11) is 0. The third kappa shape index (κ3) is 6.22. The lowest BCUT2D eigenvalue weighted by molar-refractivity contribution is 0.660. The van der Waals surface area contributed by atoms with Gasteiger partial charge in [-0.05, 0) is 146 Å². The highest BCUT2D eigenvalue weighted by atomic mass is 32.2. The van der Waals surface area contributed by atoms with Crippen molar-refractivity contribution in [3.8, 4) is 33.4 Å². The van der Waals surface area contributed by atoms with E-state index >= 15 is 0 Å². The van der Waals surface area contributed by atoms with Crippen LogP contribution in [0.5, 0.6) is 0 Å². The van der Waals surface area contributed by atoms with Crippen molar-refractivity contribution in [3.05, 3.63) is 242 Å². The van der Waals surface area contributed by atoms with Gasteiger partial charge < -0.3 is 14.2 Å². The van der Waals surface area contributed by atoms with Crippen molar-refractivity contribution in [1.29, 1.82) is 0 Å². The summed E-state index contributed by atoms with van der Waals surface area (Å²) in [5.74, 6) is 0. The molecule has 0 atom stereocenters. The highest BCUT2D eigenvalue weighted by Gasteiger charge is 2.36. The molecule has 69 heavy (non-hydrogen) atoms. The van der Waals surface area contributed by atoms with Crippen LogP contribution in [-0.2, 0) is 5.41 Å². The van der Waals surface area contributed by atoms with Crippen LogP contribution in [0.25, 0.3) is 76.9 Å². The maximum absolute atomic E-state index is 6.33. The SMILES string of the molecule is CC1(C)c2ccccc2-c2ccc(N(c3ccccc3)c3ccc4c(c3)Sc3cccc5c3c-4cc3ccc(N(c4ccc6oc7ccccc7c6c4)c4ccccc4-c4ccccc4)cc35)cc21. The van der Waals surface area contributed by atoms with Crippen molar-refractivity contribution in [2.75, 3.05) is 9.80 Å². The normalized spacial score (nSPS) is 13.1. The van der Waals surface area contributed by atoms with Gasteiger partial charge in [0.15, 0.2) is 0 Å². The standard InChI is InChI=1S/C65H44N2OS/c1-65(2)57-24-12-9-21-49(57)50-33-30-46(39-58(50)65)66(43-18-7-4-8-19-43)47-31-34-52-56-36-42-28-29-44(37-54(42)53-23-15-27-62(64(53)56)69-63(52)40-47)67(59-25-13-10-20-48(59)41-16-5-3-6-17-41)45-32-35-61-55(38-45)51-22-11-14-26-60(51)68-61/h3-40H,1-2H3. The largest absolute Gasteiger partial charge is 0.456 e. The van der Waals surface area contributed by atoms with Crippen molar-refractivity contribution < 1.29 is 4.42 Å². The smallest absolute Gasteiger partial charge is 0.135 e. The fourth-order valence-corrected chi connectivity index (χ4v) is 12.5. The van der Waals surface area contributed by atoms with Gasteiger partial charge in [-0.1, -0.05) is 165 Å². The van der Waals surface area contributed by atoms with Crippen LogP contribution < -0.4 is 9.80 Å². The van der Waals surface area contributed by atoms with E-state index in [2.05, 4.69) is 242 Å². The van der Waals surface area contributed by atoms with E-state index < -0.39 is 0 Å². The maximum atomic E-state index is 6.33. The van der Waals surface area contributed by atoms with Crippen molar-refractivity contribution in [1.82, 2.24) is 0 Å². The van der Waals surface area contributed by atoms with Gasteiger partial charge in [-0.15, -0.1) is 0 Å². The summed E-state index contributed by atoms with van der Waals surface area (Å²) in [6.07, 6.45) is 0. The fourth-order valence-electron chi connectivity index (χ4n) is 11.3. The van der Waals surface area contributed by atoms with E-state index in [-0.39, 0.29) is 5.41 Å². The van der Waals surface area contributed by atoms with Crippen LogP contribution in [0.4, 0.5) is 34.1 Å². The molecule has 4 heteroatoms. The van der Waals surface area contributed by atoms with Crippen LogP contribution in [0.3, 0.4) is 0 Å². The second-order valence-electron chi connectivity index (χ2n) is 18.9. The lowest BCUT2D eigenvalue weighted by Gasteiger charge is -2.30. The van der Waals surface area contributed by atoms with E-state index in [0.717, 1.165) is 61.6 Å². The molecule has 0 amide bonds. The molecule has 0 N–H and O–H groups in total. The summed E-state index contributed by atoms with van der Waals surface area (Å²) >= 11 is 1.88. The van der Waals surface area contributed by atoms with Crippen LogP contribution in [0.15, 0.2) is 245 Å². The molecular formula is C65H44N2OS. The predicted octanol–water partition coefficient (Wildman–Crippen LogP) is 18.9. The number of nitrogens with zero attached hydrogens (tertiary/aromatic N) is 2. The molecule has 1 aliphatic heterocycles. The van der Waals surface area contributed by atoms with Gasteiger partial charge in [-0.25, -0.2) is 0 Å². The third-order valence-electron chi connectivity index (χ3n) is 14.6. The molecule has 14 rings (SSSR count). The molecule has 11 aromatic carbocycles. The first-order valence-corrected chi connectivity index (χ1v) is 24.6. The highest BCUT2D eigenvalue weighted by Crippen LogP contribution is 2.54. The summed E-state index contributed by atoms with van der Waals surface area (Å²) < 4.78 is 6.33. The third-order valence-corrected chi connectivity index (χ3v) is 15.7. The topological polar surface area (TPSA) is 19.6 Å². The Kier molecular flexibility index (Phi) is 8.87. The van der Waals surface area contributed by atoms with Crippen LogP contribution in [0.2, 0.25) is 0 Å². The molecule has 2 heterocycles. The molecule has 0 saturated carbocycles. The molecule has 12 aromatic rings. The first-order valence-electron chi connectivity index (χ1n) is 23.7. The number of para-hydroxylation sites is 3. The molecule has 0 fully saturated rings. The zero-order valence-electron chi connectivity index (χ0n) is 38.2. The molecule has 0 saturated heterocycles. The molecule has 0 spiro atoms. The van der Waals surface area contributed by atoms with Gasteiger partial charge in [-0.3, -0.25) is 0 Å². The molecular weight excluding hydrogens is 857 g/mol. The molecule has 3 nitrogen and oxygen atoms in total. The predicted molar refractivity (Wildman–Crippen MR) is 291 cm³/mol.